The molecule has 1 heterocycles. The average molecular weight is 262 g/mol. The number of amides is 1. The van der Waals surface area contributed by atoms with Gasteiger partial charge in [0.2, 0.25) is 5.91 Å². The summed E-state index contributed by atoms with van der Waals surface area (Å²) in [6, 6.07) is 6.91. The van der Waals surface area contributed by atoms with Gasteiger partial charge in [0.15, 0.2) is 12.4 Å². The zero-order valence-electron chi connectivity index (χ0n) is 10.4. The first-order valence-corrected chi connectivity index (χ1v) is 5.69. The van der Waals surface area contributed by atoms with E-state index in [9.17, 15) is 4.79 Å². The molecule has 3 N–H and O–H groups in total. The lowest BCUT2D eigenvalue weighted by Crippen LogP contribution is -2.21. The summed E-state index contributed by atoms with van der Waals surface area (Å²) >= 11 is 0. The Kier molecular flexibility index (Phi) is 4.09. The molecule has 2 aromatic rings. The van der Waals surface area contributed by atoms with E-state index in [0.717, 1.165) is 0 Å². The molecule has 100 valence electrons. The molecule has 7 nitrogen and oxygen atoms in total. The molecule has 2 rings (SSSR count). The number of aryl methyl sites for hydroxylation is 1. The second-order valence-corrected chi connectivity index (χ2v) is 3.80. The van der Waals surface area contributed by atoms with E-state index in [-0.39, 0.29) is 19.1 Å². The van der Waals surface area contributed by atoms with Crippen molar-refractivity contribution in [1.29, 1.82) is 0 Å². The van der Waals surface area contributed by atoms with E-state index in [1.807, 2.05) is 0 Å². The van der Waals surface area contributed by atoms with Gasteiger partial charge < -0.3 is 20.3 Å². The van der Waals surface area contributed by atoms with Gasteiger partial charge in [-0.1, -0.05) is 5.16 Å². The lowest BCUT2D eigenvalue weighted by molar-refractivity contribution is -0.114. The van der Waals surface area contributed by atoms with Crippen LogP contribution in [0.5, 0.6) is 5.75 Å². The van der Waals surface area contributed by atoms with E-state index in [0.29, 0.717) is 23.2 Å². The molecule has 0 saturated carbocycles. The highest BCUT2D eigenvalue weighted by molar-refractivity contribution is 5.92. The molecule has 0 bridgehead atoms. The Morgan fingerprint density at radius 1 is 1.42 bits per heavy atom. The Balaban J connectivity index is 1.89. The number of anilines is 1. The molecule has 0 fully saturated rings. The van der Waals surface area contributed by atoms with Crippen molar-refractivity contribution in [2.24, 2.45) is 5.73 Å². The van der Waals surface area contributed by atoms with Gasteiger partial charge in [-0.05, 0) is 31.2 Å². The minimum absolute atomic E-state index is 0.0469. The van der Waals surface area contributed by atoms with Crippen LogP contribution in [0.25, 0.3) is 0 Å². The maximum Gasteiger partial charge on any atom is 0.264 e. The molecule has 0 radical (unpaired) electrons. The number of nitrogens with zero attached hydrogens (tertiary/aromatic N) is 2. The summed E-state index contributed by atoms with van der Waals surface area (Å²) in [4.78, 5) is 15.1. The second kappa shape index (κ2) is 5.96. The maximum atomic E-state index is 11.1. The van der Waals surface area contributed by atoms with Crippen molar-refractivity contribution >= 4 is 11.6 Å². The van der Waals surface area contributed by atoms with Crippen LogP contribution in [0.3, 0.4) is 0 Å². The van der Waals surface area contributed by atoms with Crippen LogP contribution in [0, 0.1) is 6.92 Å². The summed E-state index contributed by atoms with van der Waals surface area (Å²) in [5.41, 5.74) is 5.87. The molecular weight excluding hydrogens is 248 g/mol. The highest BCUT2D eigenvalue weighted by Crippen LogP contribution is 2.16. The highest BCUT2D eigenvalue weighted by atomic mass is 16.5. The number of rotatable bonds is 5. The smallest absolute Gasteiger partial charge is 0.264 e. The van der Waals surface area contributed by atoms with E-state index >= 15 is 0 Å². The summed E-state index contributed by atoms with van der Waals surface area (Å²) in [7, 11) is 0. The molecule has 0 spiro atoms. The van der Waals surface area contributed by atoms with Crippen LogP contribution in [0.4, 0.5) is 5.69 Å². The van der Waals surface area contributed by atoms with Crippen molar-refractivity contribution in [3.8, 4) is 5.75 Å². The molecule has 7 heteroatoms. The van der Waals surface area contributed by atoms with Gasteiger partial charge in [-0.25, -0.2) is 0 Å². The molecule has 0 aliphatic heterocycles. The van der Waals surface area contributed by atoms with E-state index in [4.69, 9.17) is 15.0 Å². The predicted molar refractivity (Wildman–Crippen MR) is 67.5 cm³/mol. The monoisotopic (exact) mass is 262 g/mol. The quantitative estimate of drug-likeness (QED) is 0.828. The molecule has 0 aliphatic rings. The molecule has 0 atom stereocenters. The number of ether oxygens (including phenoxy) is 1. The maximum absolute atomic E-state index is 11.1. The van der Waals surface area contributed by atoms with Crippen molar-refractivity contribution in [2.45, 2.75) is 13.5 Å². The third-order valence-electron chi connectivity index (χ3n) is 2.26. The molecule has 1 amide bonds. The molecule has 0 saturated heterocycles. The van der Waals surface area contributed by atoms with Gasteiger partial charge in [-0.3, -0.25) is 4.79 Å². The molecule has 1 aromatic carbocycles. The number of nitrogens with one attached hydrogen (secondary N) is 1. The Hall–Kier alpha value is -2.41. The van der Waals surface area contributed by atoms with Crippen molar-refractivity contribution in [3.63, 3.8) is 0 Å². The number of hydrogen-bond acceptors (Lipinski definition) is 6. The summed E-state index contributed by atoms with van der Waals surface area (Å²) < 4.78 is 10.4. The highest BCUT2D eigenvalue weighted by Gasteiger charge is 2.04. The fourth-order valence-corrected chi connectivity index (χ4v) is 1.39. The van der Waals surface area contributed by atoms with Crippen LogP contribution < -0.4 is 15.8 Å². The number of hydrogen-bond donors (Lipinski definition) is 2. The Morgan fingerprint density at radius 3 is 2.74 bits per heavy atom. The normalized spacial score (nSPS) is 10.2. The van der Waals surface area contributed by atoms with Gasteiger partial charge in [0.1, 0.15) is 5.75 Å². The molecular formula is C12H14N4O3. The standard InChI is InChI=1S/C12H14N4O3/c1-8-14-12(19-16-8)7-18-10-4-2-9(3-5-10)15-11(17)6-13/h2-5H,6-7,13H2,1H3,(H,15,17). The van der Waals surface area contributed by atoms with Crippen LogP contribution in [0.15, 0.2) is 28.8 Å². The van der Waals surface area contributed by atoms with Crippen LogP contribution in [-0.4, -0.2) is 22.6 Å². The predicted octanol–water partition coefficient (Wildman–Crippen LogP) is 0.854. The van der Waals surface area contributed by atoms with Crippen molar-refractivity contribution in [3.05, 3.63) is 36.0 Å². The van der Waals surface area contributed by atoms with Crippen LogP contribution in [0.1, 0.15) is 11.7 Å². The summed E-state index contributed by atoms with van der Waals surface area (Å²) in [6.45, 7) is 1.89. The average Bonchev–Trinajstić information content (AvgIpc) is 2.83. The van der Waals surface area contributed by atoms with E-state index in [2.05, 4.69) is 15.5 Å². The van der Waals surface area contributed by atoms with Gasteiger partial charge in [0.05, 0.1) is 6.54 Å². The van der Waals surface area contributed by atoms with Gasteiger partial charge in [-0.15, -0.1) is 0 Å². The first kappa shape index (κ1) is 13.0. The number of carbonyl (C=O) groups is 1. The molecule has 0 unspecified atom stereocenters. The van der Waals surface area contributed by atoms with Gasteiger partial charge in [0, 0.05) is 5.69 Å². The largest absolute Gasteiger partial charge is 0.484 e. The fraction of sp³-hybridized carbons (Fsp3) is 0.250. The zero-order valence-corrected chi connectivity index (χ0v) is 10.4. The van der Waals surface area contributed by atoms with Gasteiger partial charge in [0.25, 0.3) is 5.89 Å². The fourth-order valence-electron chi connectivity index (χ4n) is 1.39. The van der Waals surface area contributed by atoms with Gasteiger partial charge >= 0.3 is 0 Å². The molecule has 0 aliphatic carbocycles. The zero-order chi connectivity index (χ0) is 13.7. The van der Waals surface area contributed by atoms with Crippen LogP contribution in [-0.2, 0) is 11.4 Å². The summed E-state index contributed by atoms with van der Waals surface area (Å²) in [5, 5.41) is 6.30. The second-order valence-electron chi connectivity index (χ2n) is 3.80. The minimum Gasteiger partial charge on any atom is -0.484 e. The number of carbonyl (C=O) groups excluding carboxylic acids is 1. The van der Waals surface area contributed by atoms with Gasteiger partial charge in [-0.2, -0.15) is 4.98 Å². The number of benzene rings is 1. The lowest BCUT2D eigenvalue weighted by Gasteiger charge is -2.06. The Bertz CT molecular complexity index is 550. The van der Waals surface area contributed by atoms with E-state index < -0.39 is 0 Å². The SMILES string of the molecule is Cc1noc(COc2ccc(NC(=O)CN)cc2)n1. The van der Waals surface area contributed by atoms with Crippen molar-refractivity contribution in [1.82, 2.24) is 10.1 Å². The van der Waals surface area contributed by atoms with Crippen LogP contribution in [0.2, 0.25) is 0 Å². The summed E-state index contributed by atoms with van der Waals surface area (Å²) in [6.07, 6.45) is 0. The Labute approximate surface area is 109 Å². The Morgan fingerprint density at radius 2 is 2.16 bits per heavy atom. The van der Waals surface area contributed by atoms with E-state index in [1.165, 1.54) is 0 Å². The topological polar surface area (TPSA) is 103 Å². The van der Waals surface area contributed by atoms with Crippen LogP contribution >= 0.6 is 0 Å². The first-order chi connectivity index (χ1) is 9.17. The minimum atomic E-state index is -0.241. The number of aromatic nitrogens is 2. The third kappa shape index (κ3) is 3.78. The number of nitrogens with two attached hydrogens (primary N) is 1. The summed E-state index contributed by atoms with van der Waals surface area (Å²) in [5.74, 6) is 1.38. The van der Waals surface area contributed by atoms with E-state index in [1.54, 1.807) is 31.2 Å². The molecule has 19 heavy (non-hydrogen) atoms. The first-order valence-electron chi connectivity index (χ1n) is 5.69. The third-order valence-corrected chi connectivity index (χ3v) is 2.26. The van der Waals surface area contributed by atoms with Crippen molar-refractivity contribution in [2.75, 3.05) is 11.9 Å². The molecule has 1 aromatic heterocycles. The van der Waals surface area contributed by atoms with Crippen molar-refractivity contribution < 1.29 is 14.1 Å². The lowest BCUT2D eigenvalue weighted by atomic mass is 10.3.